The fraction of sp³-hybridized carbons (Fsp3) is 0.586. The molecule has 2 aromatic rings. The molecule has 1 saturated carbocycles. The molecule has 1 aromatic carbocycles. The Bertz CT molecular complexity index is 1070. The lowest BCUT2D eigenvalue weighted by atomic mass is 9.91. The fourth-order valence-electron chi connectivity index (χ4n) is 5.96. The Kier molecular flexibility index (Phi) is 9.62. The van der Waals surface area contributed by atoms with Crippen molar-refractivity contribution in [3.05, 3.63) is 58.0 Å². The molecule has 2 aliphatic heterocycles. The summed E-state index contributed by atoms with van der Waals surface area (Å²) >= 11 is 1.41. The van der Waals surface area contributed by atoms with Gasteiger partial charge in [0.05, 0.1) is 18.1 Å². The van der Waals surface area contributed by atoms with Gasteiger partial charge in [-0.05, 0) is 61.2 Å². The molecule has 10 heteroatoms. The van der Waals surface area contributed by atoms with Gasteiger partial charge in [0.2, 0.25) is 5.91 Å². The third kappa shape index (κ3) is 7.43. The second-order valence-corrected chi connectivity index (χ2v) is 12.0. The van der Waals surface area contributed by atoms with E-state index in [0.29, 0.717) is 24.4 Å². The number of carbonyl (C=O) groups is 2. The smallest absolute Gasteiger partial charge is 0.264 e. The van der Waals surface area contributed by atoms with Gasteiger partial charge >= 0.3 is 0 Å². The van der Waals surface area contributed by atoms with Crippen molar-refractivity contribution in [2.45, 2.75) is 62.8 Å². The van der Waals surface area contributed by atoms with Gasteiger partial charge in [-0.1, -0.05) is 18.2 Å². The zero-order valence-corrected chi connectivity index (χ0v) is 23.3. The van der Waals surface area contributed by atoms with Crippen molar-refractivity contribution >= 4 is 23.2 Å². The van der Waals surface area contributed by atoms with Gasteiger partial charge in [-0.25, -0.2) is 4.39 Å². The summed E-state index contributed by atoms with van der Waals surface area (Å²) in [6.45, 7) is 6.04. The molecular formula is C29H40FN5O3S. The van der Waals surface area contributed by atoms with Crippen LogP contribution in [0.4, 0.5) is 4.39 Å². The van der Waals surface area contributed by atoms with Gasteiger partial charge in [0.25, 0.3) is 5.91 Å². The minimum absolute atomic E-state index is 0.00975. The molecule has 0 bridgehead atoms. The zero-order valence-electron chi connectivity index (χ0n) is 22.5. The molecular weight excluding hydrogens is 517 g/mol. The molecule has 8 nitrogen and oxygen atoms in total. The molecule has 0 spiro atoms. The van der Waals surface area contributed by atoms with Crippen LogP contribution >= 0.6 is 11.3 Å². The first kappa shape index (κ1) is 28.2. The molecule has 2 unspecified atom stereocenters. The first-order chi connectivity index (χ1) is 19.0. The number of likely N-dealkylation sites (tertiary alicyclic amines) is 1. The largest absolute Gasteiger partial charge is 0.379 e. The number of hydrogen-bond donors (Lipinski definition) is 2. The minimum atomic E-state index is -0.528. The van der Waals surface area contributed by atoms with E-state index in [-0.39, 0.29) is 35.8 Å². The number of rotatable bonds is 9. The van der Waals surface area contributed by atoms with Crippen molar-refractivity contribution in [2.24, 2.45) is 5.73 Å². The monoisotopic (exact) mass is 557 g/mol. The lowest BCUT2D eigenvalue weighted by molar-refractivity contribution is -0.125. The van der Waals surface area contributed by atoms with Gasteiger partial charge in [-0.3, -0.25) is 19.4 Å². The number of nitrogens with zero attached hydrogens (tertiary/aromatic N) is 3. The molecule has 5 rings (SSSR count). The molecule has 212 valence electrons. The van der Waals surface area contributed by atoms with Crippen molar-refractivity contribution in [3.8, 4) is 0 Å². The van der Waals surface area contributed by atoms with E-state index in [4.69, 9.17) is 10.5 Å². The Balaban J connectivity index is 1.33. The zero-order chi connectivity index (χ0) is 27.2. The van der Waals surface area contributed by atoms with Crippen LogP contribution in [0, 0.1) is 5.82 Å². The van der Waals surface area contributed by atoms with Crippen molar-refractivity contribution in [3.63, 3.8) is 0 Å². The number of halogens is 1. The molecule has 2 amide bonds. The van der Waals surface area contributed by atoms with Crippen molar-refractivity contribution < 1.29 is 18.7 Å². The van der Waals surface area contributed by atoms with Gasteiger partial charge < -0.3 is 20.7 Å². The van der Waals surface area contributed by atoms with E-state index < -0.39 is 6.04 Å². The first-order valence-corrected chi connectivity index (χ1v) is 15.0. The summed E-state index contributed by atoms with van der Waals surface area (Å²) in [6, 6.07) is 10.1. The Morgan fingerprint density at radius 3 is 2.54 bits per heavy atom. The maximum atomic E-state index is 13.6. The highest BCUT2D eigenvalue weighted by atomic mass is 32.1. The molecule has 3 N–H and O–H groups in total. The molecule has 39 heavy (non-hydrogen) atoms. The highest BCUT2D eigenvalue weighted by molar-refractivity contribution is 7.12. The van der Waals surface area contributed by atoms with Crippen LogP contribution < -0.4 is 11.1 Å². The van der Waals surface area contributed by atoms with Crippen LogP contribution in [-0.4, -0.2) is 96.6 Å². The van der Waals surface area contributed by atoms with E-state index in [2.05, 4.69) is 15.1 Å². The highest BCUT2D eigenvalue weighted by Crippen LogP contribution is 2.28. The summed E-state index contributed by atoms with van der Waals surface area (Å²) < 4.78 is 19.1. The third-order valence-electron chi connectivity index (χ3n) is 8.32. The maximum Gasteiger partial charge on any atom is 0.264 e. The number of carbonyl (C=O) groups excluding carboxylic acids is 2. The van der Waals surface area contributed by atoms with E-state index in [0.717, 1.165) is 70.6 Å². The number of morpholine rings is 1. The molecule has 3 heterocycles. The quantitative estimate of drug-likeness (QED) is 0.493. The number of thiophene rings is 1. The second-order valence-electron chi connectivity index (χ2n) is 11.0. The summed E-state index contributed by atoms with van der Waals surface area (Å²) in [5.41, 5.74) is 7.08. The van der Waals surface area contributed by atoms with Crippen LogP contribution in [0.1, 0.15) is 47.3 Å². The van der Waals surface area contributed by atoms with Crippen LogP contribution in [0.15, 0.2) is 41.8 Å². The number of nitrogens with two attached hydrogens (primary N) is 1. The number of nitrogens with one attached hydrogen (secondary N) is 1. The molecule has 3 aliphatic rings. The normalized spacial score (nSPS) is 26.2. The average Bonchev–Trinajstić information content (AvgIpc) is 3.65. The maximum absolute atomic E-state index is 13.6. The summed E-state index contributed by atoms with van der Waals surface area (Å²) in [7, 11) is 0. The van der Waals surface area contributed by atoms with E-state index in [1.54, 1.807) is 4.90 Å². The van der Waals surface area contributed by atoms with Crippen LogP contribution in [0.25, 0.3) is 0 Å². The highest BCUT2D eigenvalue weighted by Gasteiger charge is 2.43. The Hall–Kier alpha value is -2.37. The van der Waals surface area contributed by atoms with E-state index in [1.807, 2.05) is 29.6 Å². The van der Waals surface area contributed by atoms with Gasteiger partial charge in [-0.2, -0.15) is 0 Å². The molecule has 1 aliphatic carbocycles. The summed E-state index contributed by atoms with van der Waals surface area (Å²) in [5.74, 6) is -0.418. The number of ether oxygens (including phenoxy) is 1. The van der Waals surface area contributed by atoms with Crippen molar-refractivity contribution in [2.75, 3.05) is 45.9 Å². The molecule has 2 atom stereocenters. The lowest BCUT2D eigenvalue weighted by Gasteiger charge is -2.33. The van der Waals surface area contributed by atoms with Gasteiger partial charge in [0.15, 0.2) is 0 Å². The van der Waals surface area contributed by atoms with Gasteiger partial charge in [0.1, 0.15) is 11.9 Å². The predicted molar refractivity (Wildman–Crippen MR) is 150 cm³/mol. The van der Waals surface area contributed by atoms with E-state index in [1.165, 1.54) is 23.5 Å². The van der Waals surface area contributed by atoms with Crippen LogP contribution in [0.5, 0.6) is 0 Å². The van der Waals surface area contributed by atoms with Crippen LogP contribution in [-0.2, 0) is 16.1 Å². The molecule has 3 fully saturated rings. The average molecular weight is 558 g/mol. The standard InChI is InChI=1S/C29H40FN5O3S/c30-22-5-3-21(4-6-22)19-34(12-11-33-13-15-38-16-14-33)25-18-26(28(36)32-24-9-7-23(31)8-10-24)35(20-25)29(37)27-2-1-17-39-27/h1-6,17,23-26H,7-16,18-20,31H2,(H,32,36). The van der Waals surface area contributed by atoms with Crippen LogP contribution in [0.2, 0.25) is 0 Å². The summed E-state index contributed by atoms with van der Waals surface area (Å²) in [6.07, 6.45) is 4.13. The van der Waals surface area contributed by atoms with Crippen molar-refractivity contribution in [1.82, 2.24) is 20.0 Å². The first-order valence-electron chi connectivity index (χ1n) is 14.2. The van der Waals surface area contributed by atoms with Gasteiger partial charge in [0, 0.05) is 57.4 Å². The van der Waals surface area contributed by atoms with Crippen molar-refractivity contribution in [1.29, 1.82) is 0 Å². The van der Waals surface area contributed by atoms with E-state index >= 15 is 0 Å². The minimum Gasteiger partial charge on any atom is -0.379 e. The molecule has 0 radical (unpaired) electrons. The topological polar surface area (TPSA) is 91.1 Å². The predicted octanol–water partition coefficient (Wildman–Crippen LogP) is 2.69. The number of amides is 2. The third-order valence-corrected chi connectivity index (χ3v) is 9.17. The van der Waals surface area contributed by atoms with Crippen LogP contribution in [0.3, 0.4) is 0 Å². The number of benzene rings is 1. The SMILES string of the molecule is NC1CCC(NC(=O)C2CC(N(CCN3CCOCC3)Cc3ccc(F)cc3)CN2C(=O)c2cccs2)CC1. The summed E-state index contributed by atoms with van der Waals surface area (Å²) in [5, 5.41) is 5.14. The Morgan fingerprint density at radius 2 is 1.85 bits per heavy atom. The van der Waals surface area contributed by atoms with E-state index in [9.17, 15) is 14.0 Å². The summed E-state index contributed by atoms with van der Waals surface area (Å²) in [4.78, 5) is 34.4. The fourth-order valence-corrected chi connectivity index (χ4v) is 6.64. The Labute approximate surface area is 234 Å². The molecule has 2 saturated heterocycles. The number of hydrogen-bond acceptors (Lipinski definition) is 7. The molecule has 1 aromatic heterocycles. The van der Waals surface area contributed by atoms with Gasteiger partial charge in [-0.15, -0.1) is 11.3 Å². The lowest BCUT2D eigenvalue weighted by Crippen LogP contribution is -2.50. The second kappa shape index (κ2) is 13.3. The Morgan fingerprint density at radius 1 is 1.10 bits per heavy atom.